The molecule has 0 amide bonds. The molecule has 0 bridgehead atoms. The third kappa shape index (κ3) is 2.38. The fraction of sp³-hybridized carbons (Fsp3) is 0.200. The first-order chi connectivity index (χ1) is 5.86. The molecule has 0 spiro atoms. The molecule has 0 saturated heterocycles. The van der Waals surface area contributed by atoms with Gasteiger partial charge in [-0.25, -0.2) is 0 Å². The number of rotatable bonds is 4. The summed E-state index contributed by atoms with van der Waals surface area (Å²) in [5.74, 6) is 0.707. The highest BCUT2D eigenvalue weighted by atomic mass is 16.5. The zero-order chi connectivity index (χ0) is 8.81. The topological polar surface area (TPSA) is 26.3 Å². The molecule has 0 aliphatic rings. The molecule has 0 saturated carbocycles. The zero-order valence-corrected chi connectivity index (χ0v) is 6.77. The number of hydrogen-bond donors (Lipinski definition) is 0. The van der Waals surface area contributed by atoms with Crippen LogP contribution < -0.4 is 4.74 Å². The third-order valence-corrected chi connectivity index (χ3v) is 1.47. The summed E-state index contributed by atoms with van der Waals surface area (Å²) in [6.07, 6.45) is 0.797. The van der Waals surface area contributed by atoms with Crippen molar-refractivity contribution in [2.75, 3.05) is 0 Å². The maximum atomic E-state index is 10.4. The molecule has 1 aromatic carbocycles. The van der Waals surface area contributed by atoms with Gasteiger partial charge in [-0.3, -0.25) is 4.79 Å². The summed E-state index contributed by atoms with van der Waals surface area (Å²) in [6.45, 7) is 3.60. The highest BCUT2D eigenvalue weighted by Gasteiger charge is 2.04. The second kappa shape index (κ2) is 4.54. The van der Waals surface area contributed by atoms with Gasteiger partial charge < -0.3 is 4.74 Å². The number of para-hydroxylation sites is 1. The van der Waals surface area contributed by atoms with Crippen LogP contribution in [-0.2, 0) is 4.79 Å². The van der Waals surface area contributed by atoms with Crippen molar-refractivity contribution in [2.24, 2.45) is 0 Å². The van der Waals surface area contributed by atoms with Crippen LogP contribution >= 0.6 is 0 Å². The van der Waals surface area contributed by atoms with Crippen LogP contribution in [0.5, 0.6) is 5.75 Å². The molecule has 1 rings (SSSR count). The van der Waals surface area contributed by atoms with Crippen molar-refractivity contribution < 1.29 is 9.53 Å². The summed E-state index contributed by atoms with van der Waals surface area (Å²) in [6, 6.07) is 9.24. The van der Waals surface area contributed by atoms with Gasteiger partial charge in [0.15, 0.2) is 12.4 Å². The first-order valence-electron chi connectivity index (χ1n) is 3.83. The van der Waals surface area contributed by atoms with Crippen molar-refractivity contribution >= 4 is 6.29 Å². The SMILES string of the molecule is [CH2]CC(C=O)Oc1ccccc1. The molecule has 0 fully saturated rings. The number of carbonyl (C=O) groups is 1. The third-order valence-electron chi connectivity index (χ3n) is 1.47. The molecule has 2 nitrogen and oxygen atoms in total. The Hall–Kier alpha value is -1.31. The Balaban J connectivity index is 2.56. The van der Waals surface area contributed by atoms with Gasteiger partial charge in [0, 0.05) is 0 Å². The van der Waals surface area contributed by atoms with Crippen molar-refractivity contribution in [3.63, 3.8) is 0 Å². The Morgan fingerprint density at radius 1 is 1.42 bits per heavy atom. The van der Waals surface area contributed by atoms with Crippen molar-refractivity contribution in [1.29, 1.82) is 0 Å². The number of aldehydes is 1. The maximum Gasteiger partial charge on any atom is 0.160 e. The lowest BCUT2D eigenvalue weighted by Crippen LogP contribution is -2.16. The van der Waals surface area contributed by atoms with Crippen LogP contribution in [0.4, 0.5) is 0 Å². The lowest BCUT2D eigenvalue weighted by molar-refractivity contribution is -0.113. The fourth-order valence-electron chi connectivity index (χ4n) is 0.829. The number of hydrogen-bond acceptors (Lipinski definition) is 2. The second-order valence-electron chi connectivity index (χ2n) is 2.39. The normalized spacial score (nSPS) is 12.1. The van der Waals surface area contributed by atoms with Gasteiger partial charge in [0.2, 0.25) is 0 Å². The second-order valence-corrected chi connectivity index (χ2v) is 2.39. The molecule has 0 N–H and O–H groups in total. The summed E-state index contributed by atoms with van der Waals surface area (Å²) in [7, 11) is 0. The standard InChI is InChI=1S/C10H11O2/c1-2-9(8-11)12-10-6-4-3-5-7-10/h3-9H,1-2H2. The van der Waals surface area contributed by atoms with Gasteiger partial charge in [0.1, 0.15) is 5.75 Å². The fourth-order valence-corrected chi connectivity index (χ4v) is 0.829. The molecular formula is C10H11O2. The van der Waals surface area contributed by atoms with E-state index in [9.17, 15) is 4.79 Å². The van der Waals surface area contributed by atoms with E-state index < -0.39 is 6.10 Å². The largest absolute Gasteiger partial charge is 0.483 e. The number of benzene rings is 1. The number of ether oxygens (including phenoxy) is 1. The van der Waals surface area contributed by atoms with E-state index in [0.29, 0.717) is 12.2 Å². The molecule has 0 aliphatic carbocycles. The molecule has 12 heavy (non-hydrogen) atoms. The quantitative estimate of drug-likeness (QED) is 0.633. The van der Waals surface area contributed by atoms with Crippen LogP contribution in [0.2, 0.25) is 0 Å². The average molecular weight is 163 g/mol. The van der Waals surface area contributed by atoms with E-state index in [1.807, 2.05) is 30.3 Å². The molecule has 1 unspecified atom stereocenters. The molecule has 63 valence electrons. The zero-order valence-electron chi connectivity index (χ0n) is 6.77. The van der Waals surface area contributed by atoms with E-state index in [4.69, 9.17) is 4.74 Å². The van der Waals surface area contributed by atoms with Gasteiger partial charge in [0.05, 0.1) is 0 Å². The number of carbonyl (C=O) groups excluding carboxylic acids is 1. The lowest BCUT2D eigenvalue weighted by atomic mass is 10.3. The predicted octanol–water partition coefficient (Wildman–Crippen LogP) is 1.86. The molecule has 0 heterocycles. The van der Waals surface area contributed by atoms with Gasteiger partial charge in [0.25, 0.3) is 0 Å². The van der Waals surface area contributed by atoms with Crippen LogP contribution in [0.15, 0.2) is 30.3 Å². The van der Waals surface area contributed by atoms with Crippen LogP contribution in [0.25, 0.3) is 0 Å². The summed E-state index contributed by atoms with van der Waals surface area (Å²) in [5.41, 5.74) is 0. The first-order valence-corrected chi connectivity index (χ1v) is 3.83. The molecule has 1 radical (unpaired) electrons. The molecule has 0 aliphatic heterocycles. The summed E-state index contributed by atoms with van der Waals surface area (Å²) in [5, 5.41) is 0. The van der Waals surface area contributed by atoms with Crippen LogP contribution in [0, 0.1) is 6.92 Å². The Bertz CT molecular complexity index is 231. The minimum atomic E-state index is -0.424. The Morgan fingerprint density at radius 3 is 2.58 bits per heavy atom. The van der Waals surface area contributed by atoms with E-state index >= 15 is 0 Å². The van der Waals surface area contributed by atoms with E-state index in [-0.39, 0.29) is 0 Å². The minimum Gasteiger partial charge on any atom is -0.483 e. The molecule has 1 aromatic rings. The van der Waals surface area contributed by atoms with Gasteiger partial charge in [-0.05, 0) is 25.5 Å². The van der Waals surface area contributed by atoms with Crippen molar-refractivity contribution in [3.8, 4) is 5.75 Å². The van der Waals surface area contributed by atoms with E-state index in [0.717, 1.165) is 6.29 Å². The van der Waals surface area contributed by atoms with Crippen molar-refractivity contribution in [1.82, 2.24) is 0 Å². The predicted molar refractivity (Wildman–Crippen MR) is 46.9 cm³/mol. The summed E-state index contributed by atoms with van der Waals surface area (Å²) < 4.78 is 5.28. The summed E-state index contributed by atoms with van der Waals surface area (Å²) >= 11 is 0. The molecular weight excluding hydrogens is 152 g/mol. The van der Waals surface area contributed by atoms with E-state index in [1.54, 1.807) is 0 Å². The summed E-state index contributed by atoms with van der Waals surface area (Å²) in [4.78, 5) is 10.4. The lowest BCUT2D eigenvalue weighted by Gasteiger charge is -2.10. The Morgan fingerprint density at radius 2 is 2.08 bits per heavy atom. The van der Waals surface area contributed by atoms with Gasteiger partial charge in [-0.1, -0.05) is 18.2 Å². The molecule has 0 aromatic heterocycles. The smallest absolute Gasteiger partial charge is 0.160 e. The van der Waals surface area contributed by atoms with Gasteiger partial charge in [-0.15, -0.1) is 0 Å². The molecule has 2 heteroatoms. The average Bonchev–Trinajstić information content (AvgIpc) is 2.16. The van der Waals surface area contributed by atoms with E-state index in [2.05, 4.69) is 6.92 Å². The minimum absolute atomic E-state index is 0.424. The van der Waals surface area contributed by atoms with Crippen molar-refractivity contribution in [3.05, 3.63) is 37.3 Å². The molecule has 1 atom stereocenters. The van der Waals surface area contributed by atoms with Gasteiger partial charge in [-0.2, -0.15) is 0 Å². The highest BCUT2D eigenvalue weighted by molar-refractivity contribution is 5.56. The van der Waals surface area contributed by atoms with Gasteiger partial charge >= 0.3 is 0 Å². The first kappa shape index (κ1) is 8.78. The van der Waals surface area contributed by atoms with E-state index in [1.165, 1.54) is 0 Å². The van der Waals surface area contributed by atoms with Crippen molar-refractivity contribution in [2.45, 2.75) is 12.5 Å². The maximum absolute atomic E-state index is 10.4. The van der Waals surface area contributed by atoms with Crippen LogP contribution in [0.3, 0.4) is 0 Å². The Labute approximate surface area is 72.2 Å². The Kier molecular flexibility index (Phi) is 3.33. The monoisotopic (exact) mass is 163 g/mol. The van der Waals surface area contributed by atoms with Crippen LogP contribution in [0.1, 0.15) is 6.42 Å². The van der Waals surface area contributed by atoms with Crippen LogP contribution in [-0.4, -0.2) is 12.4 Å². The highest BCUT2D eigenvalue weighted by Crippen LogP contribution is 2.10.